The number of rotatable bonds is 4. The minimum Gasteiger partial charge on any atom is -0.356 e. The molecule has 122 valence electrons. The summed E-state index contributed by atoms with van der Waals surface area (Å²) in [5, 5.41) is 5.12. The first-order valence-electron chi connectivity index (χ1n) is 8.97. The first-order valence-corrected chi connectivity index (χ1v) is 8.97. The van der Waals surface area contributed by atoms with E-state index in [4.69, 9.17) is 4.52 Å². The highest BCUT2D eigenvalue weighted by atomic mass is 16.5. The lowest BCUT2D eigenvalue weighted by atomic mass is 10.1. The van der Waals surface area contributed by atoms with Gasteiger partial charge in [-0.1, -0.05) is 43.0 Å². The van der Waals surface area contributed by atoms with E-state index in [0.29, 0.717) is 18.5 Å². The van der Waals surface area contributed by atoms with Crippen molar-refractivity contribution in [3.05, 3.63) is 30.0 Å². The highest BCUT2D eigenvalue weighted by Crippen LogP contribution is 2.32. The monoisotopic (exact) mass is 312 g/mol. The molecule has 2 aliphatic carbocycles. The van der Waals surface area contributed by atoms with E-state index < -0.39 is 0 Å². The zero-order chi connectivity index (χ0) is 15.6. The molecule has 1 amide bonds. The summed E-state index contributed by atoms with van der Waals surface area (Å²) in [6.07, 6.45) is 10.1. The number of para-hydroxylation sites is 1. The molecule has 0 spiro atoms. The Morgan fingerprint density at radius 2 is 1.65 bits per heavy atom. The van der Waals surface area contributed by atoms with Gasteiger partial charge in [-0.05, 0) is 37.8 Å². The number of hydrogen-bond acceptors (Lipinski definition) is 3. The van der Waals surface area contributed by atoms with E-state index in [1.807, 2.05) is 24.3 Å². The number of carbonyl (C=O) groups is 1. The molecular weight excluding hydrogens is 288 g/mol. The fourth-order valence-electron chi connectivity index (χ4n) is 4.37. The Labute approximate surface area is 136 Å². The predicted octanol–water partition coefficient (Wildman–Crippen LogP) is 4.08. The van der Waals surface area contributed by atoms with E-state index in [1.165, 1.54) is 51.4 Å². The van der Waals surface area contributed by atoms with Gasteiger partial charge in [0.05, 0.1) is 6.42 Å². The lowest BCUT2D eigenvalue weighted by Crippen LogP contribution is -2.45. The SMILES string of the molecule is O=C(Cc1noc2ccccc12)N(C1CCCC1)C1CCCC1. The summed E-state index contributed by atoms with van der Waals surface area (Å²) in [5.41, 5.74) is 1.55. The van der Waals surface area contributed by atoms with E-state index in [0.717, 1.165) is 16.7 Å². The first kappa shape index (κ1) is 14.7. The van der Waals surface area contributed by atoms with Gasteiger partial charge in [0.15, 0.2) is 5.58 Å². The van der Waals surface area contributed by atoms with Gasteiger partial charge in [-0.15, -0.1) is 0 Å². The summed E-state index contributed by atoms with van der Waals surface area (Å²) in [6, 6.07) is 8.70. The van der Waals surface area contributed by atoms with E-state index in [2.05, 4.69) is 10.1 Å². The fourth-order valence-corrected chi connectivity index (χ4v) is 4.37. The van der Waals surface area contributed by atoms with Crippen LogP contribution >= 0.6 is 0 Å². The summed E-state index contributed by atoms with van der Waals surface area (Å²) in [5.74, 6) is 0.239. The van der Waals surface area contributed by atoms with Crippen LogP contribution in [0.25, 0.3) is 11.0 Å². The van der Waals surface area contributed by atoms with Crippen molar-refractivity contribution in [3.63, 3.8) is 0 Å². The van der Waals surface area contributed by atoms with Gasteiger partial charge in [0.25, 0.3) is 0 Å². The average Bonchev–Trinajstić information content (AvgIpc) is 3.30. The van der Waals surface area contributed by atoms with E-state index >= 15 is 0 Å². The zero-order valence-corrected chi connectivity index (χ0v) is 13.5. The molecule has 0 aliphatic heterocycles. The van der Waals surface area contributed by atoms with Gasteiger partial charge < -0.3 is 9.42 Å². The van der Waals surface area contributed by atoms with E-state index in [1.54, 1.807) is 0 Å². The Hall–Kier alpha value is -1.84. The standard InChI is InChI=1S/C19H24N2O2/c22-19(13-17-16-11-5-6-12-18(16)23-20-17)21(14-7-1-2-8-14)15-9-3-4-10-15/h5-6,11-12,14-15H,1-4,7-10,13H2. The van der Waals surface area contributed by atoms with Gasteiger partial charge in [0, 0.05) is 17.5 Å². The normalized spacial score (nSPS) is 19.7. The average molecular weight is 312 g/mol. The summed E-state index contributed by atoms with van der Waals surface area (Å²) >= 11 is 0. The van der Waals surface area contributed by atoms with Gasteiger partial charge in [0.1, 0.15) is 5.69 Å². The highest BCUT2D eigenvalue weighted by molar-refractivity contribution is 5.86. The van der Waals surface area contributed by atoms with Crippen LogP contribution in [0.5, 0.6) is 0 Å². The highest BCUT2D eigenvalue weighted by Gasteiger charge is 2.34. The Kier molecular flexibility index (Phi) is 4.06. The molecule has 1 heterocycles. The van der Waals surface area contributed by atoms with Gasteiger partial charge in [-0.25, -0.2) is 0 Å². The second kappa shape index (κ2) is 6.34. The molecule has 2 fully saturated rings. The van der Waals surface area contributed by atoms with Crippen LogP contribution in [0.3, 0.4) is 0 Å². The lowest BCUT2D eigenvalue weighted by molar-refractivity contribution is -0.135. The minimum absolute atomic E-state index is 0.239. The Morgan fingerprint density at radius 1 is 1.04 bits per heavy atom. The third-order valence-corrected chi connectivity index (χ3v) is 5.49. The number of hydrogen-bond donors (Lipinski definition) is 0. The third-order valence-electron chi connectivity index (χ3n) is 5.49. The predicted molar refractivity (Wildman–Crippen MR) is 89.1 cm³/mol. The summed E-state index contributed by atoms with van der Waals surface area (Å²) in [7, 11) is 0. The maximum Gasteiger partial charge on any atom is 0.229 e. The van der Waals surface area contributed by atoms with Crippen LogP contribution in [0.15, 0.2) is 28.8 Å². The molecule has 0 saturated heterocycles. The molecule has 2 saturated carbocycles. The summed E-state index contributed by atoms with van der Waals surface area (Å²) in [4.78, 5) is 15.3. The Bertz CT molecular complexity index is 665. The molecule has 4 heteroatoms. The summed E-state index contributed by atoms with van der Waals surface area (Å²) in [6.45, 7) is 0. The molecule has 1 aromatic carbocycles. The molecule has 2 aliphatic rings. The number of fused-ring (bicyclic) bond motifs is 1. The van der Waals surface area contributed by atoms with Crippen molar-refractivity contribution < 1.29 is 9.32 Å². The number of nitrogens with zero attached hydrogens (tertiary/aromatic N) is 2. The van der Waals surface area contributed by atoms with Crippen molar-refractivity contribution in [3.8, 4) is 0 Å². The molecule has 23 heavy (non-hydrogen) atoms. The quantitative estimate of drug-likeness (QED) is 0.854. The van der Waals surface area contributed by atoms with E-state index in [9.17, 15) is 4.79 Å². The molecule has 0 atom stereocenters. The van der Waals surface area contributed by atoms with Crippen molar-refractivity contribution >= 4 is 16.9 Å². The van der Waals surface area contributed by atoms with Crippen LogP contribution in [0.4, 0.5) is 0 Å². The van der Waals surface area contributed by atoms with E-state index in [-0.39, 0.29) is 5.91 Å². The first-order chi connectivity index (χ1) is 11.3. The van der Waals surface area contributed by atoms with Crippen LogP contribution in [0.1, 0.15) is 57.1 Å². The zero-order valence-electron chi connectivity index (χ0n) is 13.5. The van der Waals surface area contributed by atoms with Crippen LogP contribution in [-0.2, 0) is 11.2 Å². The van der Waals surface area contributed by atoms with Crippen LogP contribution in [0.2, 0.25) is 0 Å². The third kappa shape index (κ3) is 2.87. The van der Waals surface area contributed by atoms with Crippen LogP contribution in [0, 0.1) is 0 Å². The number of aromatic nitrogens is 1. The Morgan fingerprint density at radius 3 is 2.30 bits per heavy atom. The Balaban J connectivity index is 1.57. The molecule has 2 aromatic rings. The van der Waals surface area contributed by atoms with Gasteiger partial charge in [-0.2, -0.15) is 0 Å². The largest absolute Gasteiger partial charge is 0.356 e. The van der Waals surface area contributed by atoms with Crippen LogP contribution < -0.4 is 0 Å². The number of carbonyl (C=O) groups excluding carboxylic acids is 1. The maximum atomic E-state index is 13.1. The topological polar surface area (TPSA) is 46.3 Å². The maximum absolute atomic E-state index is 13.1. The van der Waals surface area contributed by atoms with Crippen molar-refractivity contribution in [2.24, 2.45) is 0 Å². The molecule has 0 bridgehead atoms. The van der Waals surface area contributed by atoms with Crippen molar-refractivity contribution in [1.29, 1.82) is 0 Å². The van der Waals surface area contributed by atoms with Gasteiger partial charge in [0.2, 0.25) is 5.91 Å². The fraction of sp³-hybridized carbons (Fsp3) is 0.579. The lowest BCUT2D eigenvalue weighted by Gasteiger charge is -2.34. The minimum atomic E-state index is 0.239. The van der Waals surface area contributed by atoms with Crippen molar-refractivity contribution in [1.82, 2.24) is 10.1 Å². The number of amides is 1. The molecule has 0 unspecified atom stereocenters. The molecule has 1 aromatic heterocycles. The summed E-state index contributed by atoms with van der Waals surface area (Å²) < 4.78 is 5.36. The second-order valence-corrected chi connectivity index (χ2v) is 6.98. The van der Waals surface area contributed by atoms with Crippen molar-refractivity contribution in [2.75, 3.05) is 0 Å². The smallest absolute Gasteiger partial charge is 0.229 e. The number of benzene rings is 1. The molecular formula is C19H24N2O2. The second-order valence-electron chi connectivity index (χ2n) is 6.98. The van der Waals surface area contributed by atoms with Crippen LogP contribution in [-0.4, -0.2) is 28.0 Å². The molecule has 0 radical (unpaired) electrons. The van der Waals surface area contributed by atoms with Crippen molar-refractivity contribution in [2.45, 2.75) is 69.9 Å². The molecule has 4 rings (SSSR count). The molecule has 0 N–H and O–H groups in total. The van der Waals surface area contributed by atoms with Gasteiger partial charge >= 0.3 is 0 Å². The van der Waals surface area contributed by atoms with Gasteiger partial charge in [-0.3, -0.25) is 4.79 Å². The molecule has 4 nitrogen and oxygen atoms in total.